The van der Waals surface area contributed by atoms with E-state index in [4.69, 9.17) is 11.6 Å². The number of halogens is 1. The van der Waals surface area contributed by atoms with E-state index in [-0.39, 0.29) is 5.91 Å². The molecule has 0 aliphatic rings. The lowest BCUT2D eigenvalue weighted by atomic mass is 10.2. The van der Waals surface area contributed by atoms with Gasteiger partial charge in [-0.3, -0.25) is 4.79 Å². The first-order chi connectivity index (χ1) is 7.63. The zero-order chi connectivity index (χ0) is 12.0. The highest BCUT2D eigenvalue weighted by atomic mass is 35.5. The van der Waals surface area contributed by atoms with Crippen LogP contribution in [0.15, 0.2) is 12.3 Å². The molecular formula is C11H16ClN3O. The smallest absolute Gasteiger partial charge is 0.224 e. The van der Waals surface area contributed by atoms with Crippen LogP contribution in [-0.4, -0.2) is 24.5 Å². The average Bonchev–Trinajstić information content (AvgIpc) is 2.24. The summed E-state index contributed by atoms with van der Waals surface area (Å²) in [7, 11) is 1.86. The van der Waals surface area contributed by atoms with Crippen LogP contribution in [0.5, 0.6) is 0 Å². The first kappa shape index (κ1) is 12.9. The molecule has 0 saturated carbocycles. The normalized spacial score (nSPS) is 10.2. The SMILES string of the molecule is CNCCCC(=O)Nc1cc(C)cnc1Cl. The van der Waals surface area contributed by atoms with Gasteiger partial charge in [-0.15, -0.1) is 0 Å². The average molecular weight is 242 g/mol. The summed E-state index contributed by atoms with van der Waals surface area (Å²) in [6.45, 7) is 2.73. The molecule has 0 unspecified atom stereocenters. The maximum absolute atomic E-state index is 11.5. The molecule has 0 aliphatic heterocycles. The van der Waals surface area contributed by atoms with Crippen LogP contribution < -0.4 is 10.6 Å². The standard InChI is InChI=1S/C11H16ClN3O/c1-8-6-9(11(12)14-7-8)15-10(16)4-3-5-13-2/h6-7,13H,3-5H2,1-2H3,(H,15,16). The lowest BCUT2D eigenvalue weighted by Crippen LogP contribution is -2.15. The second kappa shape index (κ2) is 6.45. The quantitative estimate of drug-likeness (QED) is 0.612. The number of anilines is 1. The molecule has 1 rings (SSSR count). The van der Waals surface area contributed by atoms with E-state index in [9.17, 15) is 4.79 Å². The molecule has 4 nitrogen and oxygen atoms in total. The van der Waals surface area contributed by atoms with E-state index in [1.165, 1.54) is 0 Å². The zero-order valence-electron chi connectivity index (χ0n) is 9.51. The van der Waals surface area contributed by atoms with Crippen molar-refractivity contribution in [3.63, 3.8) is 0 Å². The summed E-state index contributed by atoms with van der Waals surface area (Å²) in [5.74, 6) is -0.0375. The van der Waals surface area contributed by atoms with Gasteiger partial charge in [0.25, 0.3) is 0 Å². The van der Waals surface area contributed by atoms with Crippen molar-refractivity contribution in [1.82, 2.24) is 10.3 Å². The third-order valence-corrected chi connectivity index (χ3v) is 2.38. The molecule has 1 aromatic rings. The van der Waals surface area contributed by atoms with Crippen molar-refractivity contribution in [2.24, 2.45) is 0 Å². The Labute approximate surface area is 100 Å². The molecule has 1 aromatic heterocycles. The van der Waals surface area contributed by atoms with E-state index >= 15 is 0 Å². The van der Waals surface area contributed by atoms with Crippen molar-refractivity contribution >= 4 is 23.2 Å². The number of hydrogen-bond acceptors (Lipinski definition) is 3. The fourth-order valence-corrected chi connectivity index (χ4v) is 1.43. The van der Waals surface area contributed by atoms with Gasteiger partial charge in [0.15, 0.2) is 5.15 Å². The predicted octanol–water partition coefficient (Wildman–Crippen LogP) is 1.98. The highest BCUT2D eigenvalue weighted by Gasteiger charge is 2.06. The third-order valence-electron chi connectivity index (χ3n) is 2.08. The van der Waals surface area contributed by atoms with Gasteiger partial charge in [-0.05, 0) is 38.6 Å². The van der Waals surface area contributed by atoms with Crippen molar-refractivity contribution in [2.45, 2.75) is 19.8 Å². The first-order valence-electron chi connectivity index (χ1n) is 5.20. The largest absolute Gasteiger partial charge is 0.323 e. The second-order valence-corrected chi connectivity index (χ2v) is 3.96. The Morgan fingerprint density at radius 3 is 3.00 bits per heavy atom. The fourth-order valence-electron chi connectivity index (χ4n) is 1.28. The van der Waals surface area contributed by atoms with Crippen molar-refractivity contribution in [1.29, 1.82) is 0 Å². The van der Waals surface area contributed by atoms with Crippen LogP contribution in [0, 0.1) is 6.92 Å². The summed E-state index contributed by atoms with van der Waals surface area (Å²) in [4.78, 5) is 15.5. The van der Waals surface area contributed by atoms with Crippen LogP contribution in [0.25, 0.3) is 0 Å². The summed E-state index contributed by atoms with van der Waals surface area (Å²) in [5, 5.41) is 6.06. The van der Waals surface area contributed by atoms with Crippen molar-refractivity contribution in [3.05, 3.63) is 23.0 Å². The van der Waals surface area contributed by atoms with Crippen LogP contribution >= 0.6 is 11.6 Å². The highest BCUT2D eigenvalue weighted by Crippen LogP contribution is 2.19. The second-order valence-electron chi connectivity index (χ2n) is 3.61. The molecule has 0 aromatic carbocycles. The Morgan fingerprint density at radius 2 is 2.31 bits per heavy atom. The Kier molecular flexibility index (Phi) is 5.22. The lowest BCUT2D eigenvalue weighted by Gasteiger charge is -2.07. The molecule has 0 radical (unpaired) electrons. The van der Waals surface area contributed by atoms with Gasteiger partial charge in [-0.1, -0.05) is 11.6 Å². The molecule has 0 spiro atoms. The van der Waals surface area contributed by atoms with E-state index in [1.54, 1.807) is 6.20 Å². The van der Waals surface area contributed by atoms with Gasteiger partial charge < -0.3 is 10.6 Å². The van der Waals surface area contributed by atoms with Gasteiger partial charge in [0.1, 0.15) is 0 Å². The number of carbonyl (C=O) groups excluding carboxylic acids is 1. The van der Waals surface area contributed by atoms with E-state index in [1.807, 2.05) is 20.0 Å². The minimum absolute atomic E-state index is 0.0375. The molecule has 0 atom stereocenters. The van der Waals surface area contributed by atoms with E-state index in [0.29, 0.717) is 17.3 Å². The topological polar surface area (TPSA) is 54.0 Å². The molecule has 5 heteroatoms. The van der Waals surface area contributed by atoms with Gasteiger partial charge in [0.2, 0.25) is 5.91 Å². The molecule has 0 saturated heterocycles. The van der Waals surface area contributed by atoms with Gasteiger partial charge in [-0.2, -0.15) is 0 Å². The molecule has 0 fully saturated rings. The zero-order valence-corrected chi connectivity index (χ0v) is 10.3. The number of amides is 1. The van der Waals surface area contributed by atoms with Crippen LogP contribution in [0.4, 0.5) is 5.69 Å². The van der Waals surface area contributed by atoms with E-state index < -0.39 is 0 Å². The Morgan fingerprint density at radius 1 is 1.56 bits per heavy atom. The highest BCUT2D eigenvalue weighted by molar-refractivity contribution is 6.32. The van der Waals surface area contributed by atoms with E-state index in [2.05, 4.69) is 15.6 Å². The Bertz CT molecular complexity index is 368. The molecule has 0 aliphatic carbocycles. The van der Waals surface area contributed by atoms with E-state index in [0.717, 1.165) is 18.5 Å². The number of pyridine rings is 1. The lowest BCUT2D eigenvalue weighted by molar-refractivity contribution is -0.116. The molecule has 2 N–H and O–H groups in total. The molecule has 1 amide bonds. The van der Waals surface area contributed by atoms with Crippen molar-refractivity contribution in [3.8, 4) is 0 Å². The van der Waals surface area contributed by atoms with Crippen LogP contribution in [0.2, 0.25) is 5.15 Å². The summed E-state index contributed by atoms with van der Waals surface area (Å²) in [6, 6.07) is 1.81. The molecule has 1 heterocycles. The monoisotopic (exact) mass is 241 g/mol. The number of nitrogens with one attached hydrogen (secondary N) is 2. The number of hydrogen-bond donors (Lipinski definition) is 2. The summed E-state index contributed by atoms with van der Waals surface area (Å²) >= 11 is 5.86. The molecule has 88 valence electrons. The number of nitrogens with zero attached hydrogens (tertiary/aromatic N) is 1. The van der Waals surface area contributed by atoms with Gasteiger partial charge in [0, 0.05) is 12.6 Å². The fraction of sp³-hybridized carbons (Fsp3) is 0.455. The van der Waals surface area contributed by atoms with Gasteiger partial charge >= 0.3 is 0 Å². The predicted molar refractivity (Wildman–Crippen MR) is 65.8 cm³/mol. The summed E-state index contributed by atoms with van der Waals surface area (Å²) in [6.07, 6.45) is 2.95. The number of carbonyl (C=O) groups is 1. The van der Waals surface area contributed by atoms with Crippen LogP contribution in [-0.2, 0) is 4.79 Å². The van der Waals surface area contributed by atoms with Crippen LogP contribution in [0.1, 0.15) is 18.4 Å². The number of aryl methyl sites for hydroxylation is 1. The molecule has 0 bridgehead atoms. The minimum Gasteiger partial charge on any atom is -0.323 e. The molecule has 16 heavy (non-hydrogen) atoms. The summed E-state index contributed by atoms with van der Waals surface area (Å²) < 4.78 is 0. The van der Waals surface area contributed by atoms with Crippen molar-refractivity contribution < 1.29 is 4.79 Å². The number of aromatic nitrogens is 1. The summed E-state index contributed by atoms with van der Waals surface area (Å²) in [5.41, 5.74) is 1.55. The van der Waals surface area contributed by atoms with Gasteiger partial charge in [0.05, 0.1) is 5.69 Å². The third kappa shape index (κ3) is 4.16. The van der Waals surface area contributed by atoms with Crippen LogP contribution in [0.3, 0.4) is 0 Å². The van der Waals surface area contributed by atoms with Gasteiger partial charge in [-0.25, -0.2) is 4.98 Å². The Balaban J connectivity index is 2.52. The Hall–Kier alpha value is -1.13. The molecular weight excluding hydrogens is 226 g/mol. The maximum Gasteiger partial charge on any atom is 0.224 e. The first-order valence-corrected chi connectivity index (χ1v) is 5.58. The maximum atomic E-state index is 11.5. The minimum atomic E-state index is -0.0375. The number of rotatable bonds is 5. The van der Waals surface area contributed by atoms with Crippen molar-refractivity contribution in [2.75, 3.05) is 18.9 Å².